The summed E-state index contributed by atoms with van der Waals surface area (Å²) in [4.78, 5) is 6.92. The van der Waals surface area contributed by atoms with Gasteiger partial charge in [-0.25, -0.2) is 0 Å². The maximum Gasteiger partial charge on any atom is 0.0626 e. The Morgan fingerprint density at radius 1 is 1.12 bits per heavy atom. The number of para-hydroxylation sites is 1. The molecule has 0 aliphatic heterocycles. The number of nitrogens with zero attached hydrogens (tertiary/aromatic N) is 2. The van der Waals surface area contributed by atoms with E-state index in [2.05, 4.69) is 37.6 Å². The molecule has 88 valence electrons. The normalized spacial score (nSPS) is 12.6. The molecule has 0 spiro atoms. The average Bonchev–Trinajstić information content (AvgIpc) is 2.29. The molecule has 0 amide bonds. The third-order valence-electron chi connectivity index (χ3n) is 2.86. The zero-order valence-electron chi connectivity index (χ0n) is 10.8. The molecule has 1 aromatic carbocycles. The van der Waals surface area contributed by atoms with Crippen molar-refractivity contribution in [1.29, 1.82) is 0 Å². The molecular formula is C14H22N2. The van der Waals surface area contributed by atoms with Gasteiger partial charge in [-0.1, -0.05) is 32.0 Å². The molecule has 0 aliphatic rings. The largest absolute Gasteiger partial charge is 0.294 e. The van der Waals surface area contributed by atoms with Crippen LogP contribution in [-0.2, 0) is 0 Å². The van der Waals surface area contributed by atoms with Gasteiger partial charge in [0.25, 0.3) is 0 Å². The van der Waals surface area contributed by atoms with E-state index in [1.165, 1.54) is 0 Å². The van der Waals surface area contributed by atoms with Crippen LogP contribution in [-0.4, -0.2) is 29.7 Å². The van der Waals surface area contributed by atoms with Gasteiger partial charge in [-0.15, -0.1) is 0 Å². The fourth-order valence-electron chi connectivity index (χ4n) is 1.87. The average molecular weight is 218 g/mol. The summed E-state index contributed by atoms with van der Waals surface area (Å²) in [7, 11) is 0. The lowest BCUT2D eigenvalue weighted by Gasteiger charge is -2.33. The first-order valence-electron chi connectivity index (χ1n) is 5.95. The molecule has 0 N–H and O–H groups in total. The molecule has 1 aromatic rings. The fraction of sp³-hybridized carbons (Fsp3) is 0.500. The smallest absolute Gasteiger partial charge is 0.0626 e. The van der Waals surface area contributed by atoms with Crippen LogP contribution in [0.15, 0.2) is 35.3 Å². The first-order chi connectivity index (χ1) is 7.60. The van der Waals surface area contributed by atoms with Gasteiger partial charge < -0.3 is 0 Å². The van der Waals surface area contributed by atoms with Crippen LogP contribution in [0.1, 0.15) is 27.7 Å². The predicted octanol–water partition coefficient (Wildman–Crippen LogP) is 3.51. The second-order valence-electron chi connectivity index (χ2n) is 4.42. The lowest BCUT2D eigenvalue weighted by atomic mass is 10.0. The molecule has 0 radical (unpaired) electrons. The summed E-state index contributed by atoms with van der Waals surface area (Å²) in [6.07, 6.45) is 2.04. The molecule has 0 aliphatic carbocycles. The Balaban J connectivity index is 2.75. The molecule has 16 heavy (non-hydrogen) atoms. The van der Waals surface area contributed by atoms with E-state index in [0.717, 1.165) is 18.8 Å². The zero-order chi connectivity index (χ0) is 12.0. The summed E-state index contributed by atoms with van der Waals surface area (Å²) in [5, 5.41) is 0. The fourth-order valence-corrected chi connectivity index (χ4v) is 1.87. The standard InChI is InChI=1S/C14H22N2/c1-5-16(6-2)14(3,4)12-15-13-10-8-7-9-11-13/h7-12H,5-6H2,1-4H3. The van der Waals surface area contributed by atoms with Gasteiger partial charge in [-0.05, 0) is 39.1 Å². The van der Waals surface area contributed by atoms with E-state index in [1.54, 1.807) is 0 Å². The lowest BCUT2D eigenvalue weighted by molar-refractivity contribution is 0.202. The van der Waals surface area contributed by atoms with E-state index in [4.69, 9.17) is 0 Å². The van der Waals surface area contributed by atoms with Crippen molar-refractivity contribution in [2.75, 3.05) is 13.1 Å². The molecule has 1 rings (SSSR count). The summed E-state index contributed by atoms with van der Waals surface area (Å²) in [5.41, 5.74) is 1.03. The molecule has 0 bridgehead atoms. The third-order valence-corrected chi connectivity index (χ3v) is 2.86. The van der Waals surface area contributed by atoms with Crippen molar-refractivity contribution >= 4 is 11.9 Å². The Morgan fingerprint density at radius 3 is 2.19 bits per heavy atom. The van der Waals surface area contributed by atoms with E-state index in [0.29, 0.717) is 0 Å². The van der Waals surface area contributed by atoms with Crippen molar-refractivity contribution in [3.63, 3.8) is 0 Å². The van der Waals surface area contributed by atoms with Gasteiger partial charge in [0.2, 0.25) is 0 Å². The van der Waals surface area contributed by atoms with Crippen molar-refractivity contribution in [2.45, 2.75) is 33.2 Å². The monoisotopic (exact) mass is 218 g/mol. The Hall–Kier alpha value is -1.15. The van der Waals surface area contributed by atoms with Gasteiger partial charge in [0.1, 0.15) is 0 Å². The first-order valence-corrected chi connectivity index (χ1v) is 5.95. The maximum absolute atomic E-state index is 4.53. The Morgan fingerprint density at radius 2 is 1.69 bits per heavy atom. The topological polar surface area (TPSA) is 15.6 Å². The van der Waals surface area contributed by atoms with E-state index >= 15 is 0 Å². The van der Waals surface area contributed by atoms with Crippen LogP contribution >= 0.6 is 0 Å². The van der Waals surface area contributed by atoms with Crippen molar-refractivity contribution in [1.82, 2.24) is 4.90 Å². The van der Waals surface area contributed by atoms with Gasteiger partial charge in [0.05, 0.1) is 11.2 Å². The number of hydrogen-bond acceptors (Lipinski definition) is 2. The van der Waals surface area contributed by atoms with Crippen LogP contribution in [0, 0.1) is 0 Å². The maximum atomic E-state index is 4.53. The molecular weight excluding hydrogens is 196 g/mol. The van der Waals surface area contributed by atoms with Crippen LogP contribution in [0.4, 0.5) is 5.69 Å². The van der Waals surface area contributed by atoms with Crippen molar-refractivity contribution in [3.8, 4) is 0 Å². The number of rotatable bonds is 5. The molecule has 0 aromatic heterocycles. The minimum Gasteiger partial charge on any atom is -0.294 e. The van der Waals surface area contributed by atoms with Gasteiger partial charge in [0, 0.05) is 6.21 Å². The quantitative estimate of drug-likeness (QED) is 0.690. The molecule has 0 fully saturated rings. The summed E-state index contributed by atoms with van der Waals surface area (Å²) in [6.45, 7) is 10.9. The van der Waals surface area contributed by atoms with Gasteiger partial charge in [0.15, 0.2) is 0 Å². The molecule has 2 heteroatoms. The molecule has 0 saturated carbocycles. The lowest BCUT2D eigenvalue weighted by Crippen LogP contribution is -2.44. The SMILES string of the molecule is CCN(CC)C(C)(C)C=Nc1ccccc1. The highest BCUT2D eigenvalue weighted by molar-refractivity contribution is 5.72. The summed E-state index contributed by atoms with van der Waals surface area (Å²) >= 11 is 0. The van der Waals surface area contributed by atoms with Gasteiger partial charge in [-0.2, -0.15) is 0 Å². The second-order valence-corrected chi connectivity index (χ2v) is 4.42. The van der Waals surface area contributed by atoms with Crippen molar-refractivity contribution in [2.24, 2.45) is 4.99 Å². The van der Waals surface area contributed by atoms with E-state index in [1.807, 2.05) is 36.5 Å². The van der Waals surface area contributed by atoms with E-state index < -0.39 is 0 Å². The number of hydrogen-bond donors (Lipinski definition) is 0. The highest BCUT2D eigenvalue weighted by Gasteiger charge is 2.21. The summed E-state index contributed by atoms with van der Waals surface area (Å²) in [6, 6.07) is 10.1. The van der Waals surface area contributed by atoms with Crippen LogP contribution < -0.4 is 0 Å². The highest BCUT2D eigenvalue weighted by atomic mass is 15.2. The minimum atomic E-state index is 0.0132. The highest BCUT2D eigenvalue weighted by Crippen LogP contribution is 2.15. The van der Waals surface area contributed by atoms with E-state index in [9.17, 15) is 0 Å². The first kappa shape index (κ1) is 12.9. The molecule has 0 atom stereocenters. The Kier molecular flexibility index (Phi) is 4.69. The molecule has 0 heterocycles. The Labute approximate surface area is 99.0 Å². The van der Waals surface area contributed by atoms with Crippen LogP contribution in [0.5, 0.6) is 0 Å². The summed E-state index contributed by atoms with van der Waals surface area (Å²) in [5.74, 6) is 0. The zero-order valence-corrected chi connectivity index (χ0v) is 10.8. The van der Waals surface area contributed by atoms with Crippen molar-refractivity contribution < 1.29 is 0 Å². The Bertz CT molecular complexity index is 324. The number of benzene rings is 1. The second kappa shape index (κ2) is 5.80. The van der Waals surface area contributed by atoms with Crippen LogP contribution in [0.2, 0.25) is 0 Å². The molecule has 2 nitrogen and oxygen atoms in total. The molecule has 0 unspecified atom stereocenters. The van der Waals surface area contributed by atoms with E-state index in [-0.39, 0.29) is 5.54 Å². The van der Waals surface area contributed by atoms with Crippen LogP contribution in [0.3, 0.4) is 0 Å². The predicted molar refractivity (Wildman–Crippen MR) is 71.6 cm³/mol. The van der Waals surface area contributed by atoms with Gasteiger partial charge >= 0.3 is 0 Å². The minimum absolute atomic E-state index is 0.0132. The summed E-state index contributed by atoms with van der Waals surface area (Å²) < 4.78 is 0. The van der Waals surface area contributed by atoms with Crippen LogP contribution in [0.25, 0.3) is 0 Å². The molecule has 0 saturated heterocycles. The number of aliphatic imine (C=N–C) groups is 1. The van der Waals surface area contributed by atoms with Gasteiger partial charge in [-0.3, -0.25) is 9.89 Å². The van der Waals surface area contributed by atoms with Crippen molar-refractivity contribution in [3.05, 3.63) is 30.3 Å². The third kappa shape index (κ3) is 3.46.